The fraction of sp³-hybridized carbons (Fsp3) is 0.571. The molecule has 3 atom stereocenters. The Morgan fingerprint density at radius 2 is 1.25 bits per heavy atom. The molecule has 0 heterocycles. The van der Waals surface area contributed by atoms with Crippen LogP contribution >= 0.6 is 0 Å². The van der Waals surface area contributed by atoms with E-state index in [0.29, 0.717) is 0 Å². The molecule has 3 heteroatoms. The van der Waals surface area contributed by atoms with Gasteiger partial charge in [-0.15, -0.1) is 0 Å². The molecule has 1 fully saturated rings. The summed E-state index contributed by atoms with van der Waals surface area (Å²) in [5.41, 5.74) is 2.69. The Morgan fingerprint density at radius 3 is 1.50 bits per heavy atom. The number of hydrogen-bond acceptors (Lipinski definition) is 2. The average molecular weight is 332 g/mol. The number of allylic oxidation sites excluding steroid dienone is 3. The molecule has 134 valence electrons. The van der Waals surface area contributed by atoms with Gasteiger partial charge in [0.15, 0.2) is 6.10 Å². The lowest BCUT2D eigenvalue weighted by Crippen LogP contribution is -2.43. The summed E-state index contributed by atoms with van der Waals surface area (Å²) < 4.78 is 0. The Hall–Kier alpha value is -1.61. The van der Waals surface area contributed by atoms with E-state index >= 15 is 0 Å². The number of aliphatic hydroxyl groups excluding tert-OH is 1. The van der Waals surface area contributed by atoms with Gasteiger partial charge in [-0.2, -0.15) is 0 Å². The molecule has 0 radical (unpaired) electrons. The van der Waals surface area contributed by atoms with Gasteiger partial charge in [0.2, 0.25) is 0 Å². The van der Waals surface area contributed by atoms with Crippen molar-refractivity contribution in [2.24, 2.45) is 28.6 Å². The fourth-order valence-corrected chi connectivity index (χ4v) is 4.23. The van der Waals surface area contributed by atoms with Crippen LogP contribution in [0.5, 0.6) is 0 Å². The summed E-state index contributed by atoms with van der Waals surface area (Å²) in [5, 5.41) is 19.2. The maximum Gasteiger partial charge on any atom is 0.336 e. The van der Waals surface area contributed by atoms with Gasteiger partial charge in [-0.1, -0.05) is 84.6 Å². The Bertz CT molecular complexity index is 560. The van der Waals surface area contributed by atoms with Crippen LogP contribution in [0.4, 0.5) is 0 Å². The van der Waals surface area contributed by atoms with E-state index in [2.05, 4.69) is 67.9 Å². The predicted octanol–water partition coefficient (Wildman–Crippen LogP) is 4.61. The van der Waals surface area contributed by atoms with Crippen molar-refractivity contribution in [3.63, 3.8) is 0 Å². The van der Waals surface area contributed by atoms with Crippen LogP contribution in [0.3, 0.4) is 0 Å². The third-order valence-electron chi connectivity index (χ3n) is 4.91. The van der Waals surface area contributed by atoms with Crippen molar-refractivity contribution >= 4 is 5.97 Å². The van der Waals surface area contributed by atoms with Gasteiger partial charge in [0.1, 0.15) is 0 Å². The van der Waals surface area contributed by atoms with Crippen molar-refractivity contribution in [2.75, 3.05) is 0 Å². The van der Waals surface area contributed by atoms with E-state index in [-0.39, 0.29) is 28.2 Å². The van der Waals surface area contributed by atoms with E-state index in [4.69, 9.17) is 0 Å². The SMILES string of the molecule is C=C(C(O)C(=O)O)C1C(=C)C(C(C)(C)C)C(=C)C(C(C)(C)C)C1=C. The highest BCUT2D eigenvalue weighted by Gasteiger charge is 2.48. The van der Waals surface area contributed by atoms with E-state index in [0.717, 1.165) is 16.7 Å². The first-order valence-electron chi connectivity index (χ1n) is 8.28. The third kappa shape index (κ3) is 3.56. The van der Waals surface area contributed by atoms with Crippen molar-refractivity contribution < 1.29 is 15.0 Å². The molecule has 0 amide bonds. The highest BCUT2D eigenvalue weighted by Crippen LogP contribution is 2.56. The molecule has 0 saturated heterocycles. The Balaban J connectivity index is 3.51. The van der Waals surface area contributed by atoms with Gasteiger partial charge in [0, 0.05) is 17.8 Å². The van der Waals surface area contributed by atoms with Crippen molar-refractivity contribution in [1.29, 1.82) is 0 Å². The Morgan fingerprint density at radius 1 is 0.917 bits per heavy atom. The predicted molar refractivity (Wildman–Crippen MR) is 99.6 cm³/mol. The largest absolute Gasteiger partial charge is 0.479 e. The van der Waals surface area contributed by atoms with Crippen molar-refractivity contribution in [3.8, 4) is 0 Å². The second-order valence-electron chi connectivity index (χ2n) is 9.07. The normalized spacial score (nSPS) is 27.1. The molecule has 1 aliphatic rings. The van der Waals surface area contributed by atoms with Gasteiger partial charge in [0.05, 0.1) is 0 Å². The quantitative estimate of drug-likeness (QED) is 0.742. The van der Waals surface area contributed by atoms with Crippen LogP contribution in [0, 0.1) is 28.6 Å². The van der Waals surface area contributed by atoms with Crippen molar-refractivity contribution in [2.45, 2.75) is 47.6 Å². The smallest absolute Gasteiger partial charge is 0.336 e. The van der Waals surface area contributed by atoms with Crippen LogP contribution in [-0.4, -0.2) is 22.3 Å². The second kappa shape index (κ2) is 6.36. The lowest BCUT2D eigenvalue weighted by Gasteiger charge is -2.51. The van der Waals surface area contributed by atoms with Gasteiger partial charge < -0.3 is 10.2 Å². The summed E-state index contributed by atoms with van der Waals surface area (Å²) in [6.45, 7) is 29.4. The molecule has 1 rings (SSSR count). The monoisotopic (exact) mass is 332 g/mol. The molecular weight excluding hydrogens is 300 g/mol. The van der Waals surface area contributed by atoms with E-state index < -0.39 is 18.0 Å². The zero-order valence-electron chi connectivity index (χ0n) is 15.9. The molecule has 0 bridgehead atoms. The average Bonchev–Trinajstić information content (AvgIpc) is 2.33. The summed E-state index contributed by atoms with van der Waals surface area (Å²) in [6, 6.07) is 0. The third-order valence-corrected chi connectivity index (χ3v) is 4.91. The molecule has 3 unspecified atom stereocenters. The molecule has 1 aliphatic carbocycles. The maximum absolute atomic E-state index is 11.2. The minimum atomic E-state index is -1.63. The standard InChI is InChI=1S/C21H32O3/c1-11-15(13(3)18(22)19(23)24)12(2)17(21(8,9)10)14(4)16(11)20(5,6)7/h15-18,22H,1-4H2,5-10H3,(H,23,24). The molecule has 24 heavy (non-hydrogen) atoms. The molecule has 3 nitrogen and oxygen atoms in total. The zero-order valence-corrected chi connectivity index (χ0v) is 15.9. The molecule has 0 aromatic carbocycles. The van der Waals surface area contributed by atoms with Gasteiger partial charge in [-0.3, -0.25) is 0 Å². The molecule has 2 N–H and O–H groups in total. The number of aliphatic hydroxyl groups is 1. The Labute approximate surface area is 146 Å². The van der Waals surface area contributed by atoms with Crippen molar-refractivity contribution in [1.82, 2.24) is 0 Å². The first kappa shape index (κ1) is 20.4. The molecular formula is C21H32O3. The summed E-state index contributed by atoms with van der Waals surface area (Å²) in [4.78, 5) is 11.2. The van der Waals surface area contributed by atoms with Gasteiger partial charge >= 0.3 is 5.97 Å². The first-order valence-corrected chi connectivity index (χ1v) is 8.28. The molecule has 0 aliphatic heterocycles. The lowest BCUT2D eigenvalue weighted by molar-refractivity contribution is -0.144. The molecule has 0 aromatic heterocycles. The van der Waals surface area contributed by atoms with Crippen LogP contribution in [0.15, 0.2) is 48.6 Å². The summed E-state index contributed by atoms with van der Waals surface area (Å²) in [5.74, 6) is -1.75. The van der Waals surface area contributed by atoms with Gasteiger partial charge in [0.25, 0.3) is 0 Å². The number of carboxylic acids is 1. The topological polar surface area (TPSA) is 57.5 Å². The fourth-order valence-electron chi connectivity index (χ4n) is 4.23. The number of hydrogen-bond donors (Lipinski definition) is 2. The minimum absolute atomic E-state index is 0.00466. The van der Waals surface area contributed by atoms with Crippen LogP contribution < -0.4 is 0 Å². The first-order chi connectivity index (χ1) is 10.6. The summed E-state index contributed by atoms with van der Waals surface area (Å²) in [7, 11) is 0. The lowest BCUT2D eigenvalue weighted by atomic mass is 9.53. The maximum atomic E-state index is 11.2. The Kier molecular flexibility index (Phi) is 5.42. The number of rotatable bonds is 3. The second-order valence-corrected chi connectivity index (χ2v) is 9.07. The number of carboxylic acid groups (broad SMARTS) is 1. The number of aliphatic carboxylic acids is 1. The molecule has 0 aromatic rings. The number of carbonyl (C=O) groups is 1. The van der Waals surface area contributed by atoms with Crippen molar-refractivity contribution in [3.05, 3.63) is 48.6 Å². The highest BCUT2D eigenvalue weighted by molar-refractivity contribution is 5.76. The highest BCUT2D eigenvalue weighted by atomic mass is 16.4. The molecule has 1 saturated carbocycles. The van der Waals surface area contributed by atoms with Crippen LogP contribution in [0.2, 0.25) is 0 Å². The van der Waals surface area contributed by atoms with E-state index in [1.165, 1.54) is 0 Å². The summed E-state index contributed by atoms with van der Waals surface area (Å²) in [6.07, 6.45) is -1.63. The van der Waals surface area contributed by atoms with Crippen LogP contribution in [0.25, 0.3) is 0 Å². The van der Waals surface area contributed by atoms with E-state index in [1.54, 1.807) is 0 Å². The van der Waals surface area contributed by atoms with E-state index in [9.17, 15) is 15.0 Å². The molecule has 0 spiro atoms. The van der Waals surface area contributed by atoms with E-state index in [1.807, 2.05) is 0 Å². The van der Waals surface area contributed by atoms with Crippen LogP contribution in [-0.2, 0) is 4.79 Å². The summed E-state index contributed by atoms with van der Waals surface area (Å²) >= 11 is 0. The van der Waals surface area contributed by atoms with Gasteiger partial charge in [-0.25, -0.2) is 4.79 Å². The zero-order chi connectivity index (χ0) is 19.2. The van der Waals surface area contributed by atoms with Gasteiger partial charge in [-0.05, 0) is 16.4 Å². The van der Waals surface area contributed by atoms with Crippen LogP contribution in [0.1, 0.15) is 41.5 Å². The minimum Gasteiger partial charge on any atom is -0.479 e.